The maximum atomic E-state index is 10.9. The highest BCUT2D eigenvalue weighted by atomic mass is 16.8. The minimum atomic E-state index is -1.03. The van der Waals surface area contributed by atoms with Crippen LogP contribution in [0, 0.1) is 0 Å². The van der Waals surface area contributed by atoms with Crippen molar-refractivity contribution >= 4 is 11.9 Å². The van der Waals surface area contributed by atoms with Crippen molar-refractivity contribution in [2.75, 3.05) is 6.54 Å². The van der Waals surface area contributed by atoms with Crippen molar-refractivity contribution in [3.8, 4) is 0 Å². The van der Waals surface area contributed by atoms with Gasteiger partial charge in [-0.2, -0.15) is 0 Å². The maximum Gasteiger partial charge on any atom is 0.420 e. The topological polar surface area (TPSA) is 73.9 Å². The number of carbonyl (C=O) groups is 2. The summed E-state index contributed by atoms with van der Waals surface area (Å²) in [7, 11) is 0. The van der Waals surface area contributed by atoms with E-state index in [1.54, 1.807) is 0 Å². The van der Waals surface area contributed by atoms with Crippen molar-refractivity contribution in [3.63, 3.8) is 0 Å². The largest absolute Gasteiger partial charge is 0.431 e. The van der Waals surface area contributed by atoms with Crippen molar-refractivity contribution < 1.29 is 23.8 Å². The molecule has 13 heavy (non-hydrogen) atoms. The number of hydrogen-bond donors (Lipinski definition) is 1. The molecule has 0 aromatic heterocycles. The fraction of sp³-hybridized carbons (Fsp3) is 0.714. The Morgan fingerprint density at radius 3 is 2.92 bits per heavy atom. The third kappa shape index (κ3) is 0.790. The smallest absolute Gasteiger partial charge is 0.420 e. The first-order valence-electron chi connectivity index (χ1n) is 4.05. The van der Waals surface area contributed by atoms with E-state index in [0.717, 1.165) is 0 Å². The number of nitrogens with one attached hydrogen (secondary N) is 1. The Labute approximate surface area is 73.1 Å². The zero-order valence-corrected chi connectivity index (χ0v) is 6.61. The lowest BCUT2D eigenvalue weighted by atomic mass is 9.94. The second-order valence-electron chi connectivity index (χ2n) is 3.34. The van der Waals surface area contributed by atoms with Crippen molar-refractivity contribution in [1.29, 1.82) is 0 Å². The van der Waals surface area contributed by atoms with E-state index in [9.17, 15) is 9.59 Å². The summed E-state index contributed by atoms with van der Waals surface area (Å²) in [6.07, 6.45) is 0.0347. The van der Waals surface area contributed by atoms with Crippen LogP contribution in [0.4, 0.5) is 0 Å². The summed E-state index contributed by atoms with van der Waals surface area (Å²) in [5.74, 6) is -2.97. The third-order valence-electron chi connectivity index (χ3n) is 2.47. The predicted octanol–water partition coefficient (Wildman–Crippen LogP) is -1.50. The van der Waals surface area contributed by atoms with E-state index in [-0.39, 0.29) is 6.10 Å². The molecule has 0 aromatic rings. The molecule has 3 atom stereocenters. The van der Waals surface area contributed by atoms with Crippen LogP contribution in [0.25, 0.3) is 0 Å². The molecule has 6 heteroatoms. The molecule has 6 nitrogen and oxygen atoms in total. The van der Waals surface area contributed by atoms with Crippen LogP contribution in [0.1, 0.15) is 6.42 Å². The summed E-state index contributed by atoms with van der Waals surface area (Å²) in [5, 5.41) is 2.92. The Morgan fingerprint density at radius 2 is 2.15 bits per heavy atom. The van der Waals surface area contributed by atoms with Crippen LogP contribution in [0.5, 0.6) is 0 Å². The highest BCUT2D eigenvalue weighted by Crippen LogP contribution is 2.42. The van der Waals surface area contributed by atoms with Gasteiger partial charge in [0.1, 0.15) is 0 Å². The van der Waals surface area contributed by atoms with Gasteiger partial charge in [0.05, 0.1) is 6.10 Å². The monoisotopic (exact) mass is 185 g/mol. The highest BCUT2D eigenvalue weighted by Gasteiger charge is 2.63. The van der Waals surface area contributed by atoms with Crippen molar-refractivity contribution in [1.82, 2.24) is 5.32 Å². The summed E-state index contributed by atoms with van der Waals surface area (Å²) < 4.78 is 15.0. The fourth-order valence-corrected chi connectivity index (χ4v) is 1.87. The van der Waals surface area contributed by atoms with Crippen LogP contribution in [0.3, 0.4) is 0 Å². The summed E-state index contributed by atoms with van der Waals surface area (Å²) in [6, 6.07) is 0. The van der Waals surface area contributed by atoms with Gasteiger partial charge in [-0.25, -0.2) is 9.59 Å². The maximum absolute atomic E-state index is 10.9. The normalized spacial score (nSPS) is 47.1. The first kappa shape index (κ1) is 7.28. The molecule has 2 bridgehead atoms. The van der Waals surface area contributed by atoms with E-state index in [0.29, 0.717) is 13.0 Å². The molecular weight excluding hydrogens is 178 g/mol. The Morgan fingerprint density at radius 1 is 1.38 bits per heavy atom. The lowest BCUT2D eigenvalue weighted by Crippen LogP contribution is -2.75. The molecule has 0 amide bonds. The van der Waals surface area contributed by atoms with Gasteiger partial charge in [0, 0.05) is 13.0 Å². The fourth-order valence-electron chi connectivity index (χ4n) is 1.87. The van der Waals surface area contributed by atoms with Gasteiger partial charge in [-0.1, -0.05) is 0 Å². The SMILES string of the molecule is O=C1OC2NCC3CC2(OC1=O)O3. The van der Waals surface area contributed by atoms with Gasteiger partial charge in [-0.3, -0.25) is 5.32 Å². The van der Waals surface area contributed by atoms with E-state index in [2.05, 4.69) is 5.32 Å². The molecule has 0 aliphatic carbocycles. The Balaban J connectivity index is 1.89. The zero-order chi connectivity index (χ0) is 9.05. The molecule has 70 valence electrons. The van der Waals surface area contributed by atoms with Gasteiger partial charge in [-0.05, 0) is 0 Å². The van der Waals surface area contributed by atoms with E-state index < -0.39 is 24.0 Å². The van der Waals surface area contributed by atoms with Crippen LogP contribution in [0.2, 0.25) is 0 Å². The third-order valence-corrected chi connectivity index (χ3v) is 2.47. The van der Waals surface area contributed by atoms with Gasteiger partial charge >= 0.3 is 11.9 Å². The Bertz CT molecular complexity index is 295. The second kappa shape index (κ2) is 2.02. The summed E-state index contributed by atoms with van der Waals surface area (Å²) in [4.78, 5) is 21.7. The summed E-state index contributed by atoms with van der Waals surface area (Å²) in [6.45, 7) is 0.622. The Hall–Kier alpha value is -1.14. The van der Waals surface area contributed by atoms with Gasteiger partial charge in [0.2, 0.25) is 6.23 Å². The van der Waals surface area contributed by atoms with E-state index in [4.69, 9.17) is 14.2 Å². The Kier molecular flexibility index (Phi) is 1.13. The average molecular weight is 185 g/mol. The summed E-state index contributed by atoms with van der Waals surface area (Å²) >= 11 is 0. The van der Waals surface area contributed by atoms with Gasteiger partial charge in [0.25, 0.3) is 5.79 Å². The van der Waals surface area contributed by atoms with E-state index in [1.165, 1.54) is 0 Å². The molecule has 4 aliphatic heterocycles. The van der Waals surface area contributed by atoms with Crippen LogP contribution >= 0.6 is 0 Å². The number of rotatable bonds is 0. The highest BCUT2D eigenvalue weighted by molar-refractivity contribution is 6.30. The molecular formula is C7H7NO5. The number of piperidine rings is 1. The molecule has 0 saturated carbocycles. The van der Waals surface area contributed by atoms with Crippen molar-refractivity contribution in [2.45, 2.75) is 24.5 Å². The number of carbonyl (C=O) groups excluding carboxylic acids is 2. The van der Waals surface area contributed by atoms with Crippen LogP contribution in [0.15, 0.2) is 0 Å². The van der Waals surface area contributed by atoms with Crippen LogP contribution < -0.4 is 5.32 Å². The van der Waals surface area contributed by atoms with Crippen LogP contribution in [-0.4, -0.2) is 36.6 Å². The van der Waals surface area contributed by atoms with Gasteiger partial charge in [0.15, 0.2) is 0 Å². The molecule has 1 spiro atoms. The van der Waals surface area contributed by atoms with Gasteiger partial charge < -0.3 is 14.2 Å². The van der Waals surface area contributed by atoms with E-state index in [1.807, 2.05) is 0 Å². The number of hydrogen-bond acceptors (Lipinski definition) is 6. The lowest BCUT2D eigenvalue weighted by molar-refractivity contribution is -0.393. The molecule has 4 heterocycles. The molecule has 4 fully saturated rings. The standard InChI is InChI=1S/C7H7NO5/c9-4-5(10)13-7-1-3(12-7)2-8-6(7)11-4/h3,6,8H,1-2H2. The van der Waals surface area contributed by atoms with E-state index >= 15 is 0 Å². The molecule has 3 unspecified atom stereocenters. The lowest BCUT2D eigenvalue weighted by Gasteiger charge is -2.55. The number of fused-ring (bicyclic) bond motifs is 1. The number of esters is 2. The predicted molar refractivity (Wildman–Crippen MR) is 36.2 cm³/mol. The second-order valence-corrected chi connectivity index (χ2v) is 3.34. The number of ether oxygens (including phenoxy) is 3. The molecule has 0 radical (unpaired) electrons. The van der Waals surface area contributed by atoms with Crippen LogP contribution in [-0.2, 0) is 23.8 Å². The average Bonchev–Trinajstić information content (AvgIpc) is 2.04. The quantitative estimate of drug-likeness (QED) is 0.366. The summed E-state index contributed by atoms with van der Waals surface area (Å²) in [5.41, 5.74) is 0. The molecule has 4 rings (SSSR count). The van der Waals surface area contributed by atoms with Gasteiger partial charge in [-0.15, -0.1) is 0 Å². The minimum absolute atomic E-state index is 0.0702. The number of morpholine rings is 1. The first-order chi connectivity index (χ1) is 6.20. The first-order valence-corrected chi connectivity index (χ1v) is 4.05. The van der Waals surface area contributed by atoms with Crippen molar-refractivity contribution in [2.24, 2.45) is 0 Å². The van der Waals surface area contributed by atoms with Crippen molar-refractivity contribution in [3.05, 3.63) is 0 Å². The molecule has 0 aromatic carbocycles. The molecule has 4 saturated heterocycles. The molecule has 1 N–H and O–H groups in total. The zero-order valence-electron chi connectivity index (χ0n) is 6.61. The minimum Gasteiger partial charge on any atom is -0.431 e. The molecule has 4 aliphatic rings.